The Morgan fingerprint density at radius 3 is 2.69 bits per heavy atom. The Morgan fingerprint density at radius 2 is 2.06 bits per heavy atom. The van der Waals surface area contributed by atoms with Gasteiger partial charge in [0.2, 0.25) is 0 Å². The van der Waals surface area contributed by atoms with Gasteiger partial charge in [-0.05, 0) is 11.6 Å². The summed E-state index contributed by atoms with van der Waals surface area (Å²) in [5.41, 5.74) is 1.05. The average molecular weight is 218 g/mol. The zero-order chi connectivity index (χ0) is 11.4. The fourth-order valence-corrected chi connectivity index (χ4v) is 1.62. The minimum absolute atomic E-state index is 0.0165. The van der Waals surface area contributed by atoms with Crippen LogP contribution in [-0.4, -0.2) is 19.0 Å². The molecule has 3 nitrogen and oxygen atoms in total. The number of carbonyl (C=O) groups excluding carboxylic acids is 1. The molecule has 1 aliphatic carbocycles. The second kappa shape index (κ2) is 4.94. The molecule has 0 bridgehead atoms. The molecule has 0 heterocycles. The van der Waals surface area contributed by atoms with E-state index in [1.807, 2.05) is 30.3 Å². The number of Topliss-reactive ketones (excluding diaryl/α,β-unsaturated/α-hetero) is 1. The van der Waals surface area contributed by atoms with E-state index >= 15 is 0 Å². The molecule has 1 atom stereocenters. The highest BCUT2D eigenvalue weighted by molar-refractivity contribution is 5.96. The van der Waals surface area contributed by atoms with E-state index in [1.54, 1.807) is 13.2 Å². The van der Waals surface area contributed by atoms with Gasteiger partial charge in [-0.1, -0.05) is 30.3 Å². The Kier molecular flexibility index (Phi) is 3.37. The van der Waals surface area contributed by atoms with E-state index in [9.17, 15) is 4.79 Å². The van der Waals surface area contributed by atoms with Crippen LogP contribution in [-0.2, 0) is 20.9 Å². The van der Waals surface area contributed by atoms with Crippen molar-refractivity contribution in [3.63, 3.8) is 0 Å². The fourth-order valence-electron chi connectivity index (χ4n) is 1.62. The van der Waals surface area contributed by atoms with Gasteiger partial charge in [-0.2, -0.15) is 0 Å². The van der Waals surface area contributed by atoms with E-state index in [0.29, 0.717) is 18.8 Å². The van der Waals surface area contributed by atoms with Crippen molar-refractivity contribution < 1.29 is 14.3 Å². The van der Waals surface area contributed by atoms with Gasteiger partial charge in [0.1, 0.15) is 6.61 Å². The van der Waals surface area contributed by atoms with Gasteiger partial charge in [0.05, 0.1) is 6.10 Å². The van der Waals surface area contributed by atoms with Gasteiger partial charge in [-0.3, -0.25) is 4.79 Å². The number of ketones is 1. The Balaban J connectivity index is 1.94. The van der Waals surface area contributed by atoms with E-state index in [0.717, 1.165) is 5.56 Å². The number of hydrogen-bond donors (Lipinski definition) is 0. The summed E-state index contributed by atoms with van der Waals surface area (Å²) in [6.07, 6.45) is 2.00. The van der Waals surface area contributed by atoms with Crippen LogP contribution in [0.4, 0.5) is 0 Å². The maximum absolute atomic E-state index is 11.5. The second-order valence-corrected chi connectivity index (χ2v) is 3.71. The smallest absolute Gasteiger partial charge is 0.200 e. The summed E-state index contributed by atoms with van der Waals surface area (Å²) in [5, 5.41) is 0. The van der Waals surface area contributed by atoms with E-state index in [4.69, 9.17) is 9.47 Å². The maximum atomic E-state index is 11.5. The number of methoxy groups -OCH3 is 1. The third kappa shape index (κ3) is 2.49. The zero-order valence-corrected chi connectivity index (χ0v) is 9.18. The van der Waals surface area contributed by atoms with Crippen LogP contribution in [0.1, 0.15) is 12.0 Å². The summed E-state index contributed by atoms with van der Waals surface area (Å²) >= 11 is 0. The van der Waals surface area contributed by atoms with Crippen LogP contribution < -0.4 is 0 Å². The van der Waals surface area contributed by atoms with Gasteiger partial charge in [-0.15, -0.1) is 0 Å². The molecule has 0 N–H and O–H groups in total. The number of hydrogen-bond acceptors (Lipinski definition) is 3. The number of rotatable bonds is 4. The first kappa shape index (κ1) is 10.9. The van der Waals surface area contributed by atoms with Crippen molar-refractivity contribution in [1.82, 2.24) is 0 Å². The van der Waals surface area contributed by atoms with Crippen LogP contribution in [0, 0.1) is 0 Å². The Hall–Kier alpha value is -1.61. The van der Waals surface area contributed by atoms with Crippen molar-refractivity contribution in [2.75, 3.05) is 7.11 Å². The van der Waals surface area contributed by atoms with E-state index in [-0.39, 0.29) is 11.9 Å². The minimum Gasteiger partial charge on any atom is -0.485 e. The Bertz CT molecular complexity index is 395. The first-order valence-electron chi connectivity index (χ1n) is 5.24. The zero-order valence-electron chi connectivity index (χ0n) is 9.18. The van der Waals surface area contributed by atoms with Gasteiger partial charge in [0.15, 0.2) is 11.5 Å². The normalized spacial score (nSPS) is 19.7. The molecule has 0 unspecified atom stereocenters. The van der Waals surface area contributed by atoms with Crippen molar-refractivity contribution in [1.29, 1.82) is 0 Å². The van der Waals surface area contributed by atoms with Crippen LogP contribution >= 0.6 is 0 Å². The first-order valence-corrected chi connectivity index (χ1v) is 5.24. The van der Waals surface area contributed by atoms with Gasteiger partial charge in [0, 0.05) is 13.5 Å². The molecule has 0 aromatic heterocycles. The Morgan fingerprint density at radius 1 is 1.31 bits per heavy atom. The summed E-state index contributed by atoms with van der Waals surface area (Å²) in [6, 6.07) is 9.77. The molecule has 1 aromatic rings. The molecule has 0 aliphatic heterocycles. The average Bonchev–Trinajstić information content (AvgIpc) is 2.69. The van der Waals surface area contributed by atoms with Crippen LogP contribution in [0.5, 0.6) is 0 Å². The van der Waals surface area contributed by atoms with E-state index in [2.05, 4.69) is 0 Å². The predicted molar refractivity (Wildman–Crippen MR) is 59.7 cm³/mol. The molecule has 0 spiro atoms. The molecule has 0 saturated carbocycles. The quantitative estimate of drug-likeness (QED) is 0.776. The van der Waals surface area contributed by atoms with E-state index < -0.39 is 0 Å². The largest absolute Gasteiger partial charge is 0.485 e. The van der Waals surface area contributed by atoms with Crippen molar-refractivity contribution in [3.05, 3.63) is 47.7 Å². The lowest BCUT2D eigenvalue weighted by Gasteiger charge is -2.05. The van der Waals surface area contributed by atoms with Crippen molar-refractivity contribution in [2.24, 2.45) is 0 Å². The number of benzene rings is 1. The SMILES string of the molecule is CO[C@@H]1C=C(OCc2ccccc2)C(=O)C1. The molecular weight excluding hydrogens is 204 g/mol. The number of carbonyl (C=O) groups is 1. The summed E-state index contributed by atoms with van der Waals surface area (Å²) in [7, 11) is 1.59. The molecule has 0 amide bonds. The van der Waals surface area contributed by atoms with Crippen molar-refractivity contribution in [3.8, 4) is 0 Å². The molecule has 3 heteroatoms. The predicted octanol–water partition coefficient (Wildman–Crippen LogP) is 2.07. The van der Waals surface area contributed by atoms with E-state index in [1.165, 1.54) is 0 Å². The third-order valence-corrected chi connectivity index (χ3v) is 2.54. The molecule has 16 heavy (non-hydrogen) atoms. The lowest BCUT2D eigenvalue weighted by Crippen LogP contribution is -2.05. The lowest BCUT2D eigenvalue weighted by molar-refractivity contribution is -0.119. The molecule has 2 rings (SSSR count). The van der Waals surface area contributed by atoms with Crippen molar-refractivity contribution >= 4 is 5.78 Å². The summed E-state index contributed by atoms with van der Waals surface area (Å²) in [6.45, 7) is 0.425. The highest BCUT2D eigenvalue weighted by Crippen LogP contribution is 2.19. The highest BCUT2D eigenvalue weighted by atomic mass is 16.5. The molecule has 0 saturated heterocycles. The summed E-state index contributed by atoms with van der Waals surface area (Å²) in [5.74, 6) is 0.443. The van der Waals surface area contributed by atoms with Crippen molar-refractivity contribution in [2.45, 2.75) is 19.1 Å². The van der Waals surface area contributed by atoms with Gasteiger partial charge in [0.25, 0.3) is 0 Å². The molecule has 84 valence electrons. The summed E-state index contributed by atoms with van der Waals surface area (Å²) in [4.78, 5) is 11.5. The minimum atomic E-state index is -0.127. The monoisotopic (exact) mass is 218 g/mol. The van der Waals surface area contributed by atoms with Gasteiger partial charge < -0.3 is 9.47 Å². The lowest BCUT2D eigenvalue weighted by atomic mass is 10.2. The van der Waals surface area contributed by atoms with Crippen LogP contribution in [0.2, 0.25) is 0 Å². The maximum Gasteiger partial charge on any atom is 0.200 e. The van der Waals surface area contributed by atoms with Crippen LogP contribution in [0.15, 0.2) is 42.2 Å². The third-order valence-electron chi connectivity index (χ3n) is 2.54. The number of ether oxygens (including phenoxy) is 2. The molecule has 1 aromatic carbocycles. The van der Waals surface area contributed by atoms with Crippen LogP contribution in [0.3, 0.4) is 0 Å². The first-order chi connectivity index (χ1) is 7.79. The molecule has 0 radical (unpaired) electrons. The topological polar surface area (TPSA) is 35.5 Å². The second-order valence-electron chi connectivity index (χ2n) is 3.71. The standard InChI is InChI=1S/C13H14O3/c1-15-11-7-12(14)13(8-11)16-9-10-5-3-2-4-6-10/h2-6,8,11H,7,9H2,1H3/t11-/m0/s1. The molecular formula is C13H14O3. The van der Waals surface area contributed by atoms with Gasteiger partial charge >= 0.3 is 0 Å². The molecule has 0 fully saturated rings. The molecule has 1 aliphatic rings. The summed E-state index contributed by atoms with van der Waals surface area (Å²) < 4.78 is 10.6. The van der Waals surface area contributed by atoms with Gasteiger partial charge in [-0.25, -0.2) is 0 Å². The Labute approximate surface area is 94.7 Å². The number of allylic oxidation sites excluding steroid dienone is 1. The fraction of sp³-hybridized carbons (Fsp3) is 0.308. The van der Waals surface area contributed by atoms with Crippen LogP contribution in [0.25, 0.3) is 0 Å². The highest BCUT2D eigenvalue weighted by Gasteiger charge is 2.25.